The molecule has 1 aliphatic rings. The second kappa shape index (κ2) is 10.3. The van der Waals surface area contributed by atoms with E-state index in [0.29, 0.717) is 11.3 Å². The van der Waals surface area contributed by atoms with Gasteiger partial charge in [0.15, 0.2) is 11.5 Å². The summed E-state index contributed by atoms with van der Waals surface area (Å²) in [5.41, 5.74) is 5.82. The Kier molecular flexibility index (Phi) is 7.26. The predicted molar refractivity (Wildman–Crippen MR) is 118 cm³/mol. The van der Waals surface area contributed by atoms with Gasteiger partial charge >= 0.3 is 5.97 Å². The fraction of sp³-hybridized carbons (Fsp3) is 0.238. The van der Waals surface area contributed by atoms with Crippen molar-refractivity contribution < 1.29 is 33.9 Å². The molecule has 0 spiro atoms. The minimum atomic E-state index is -1.29. The van der Waals surface area contributed by atoms with E-state index in [9.17, 15) is 29.6 Å². The van der Waals surface area contributed by atoms with E-state index in [0.717, 1.165) is 6.07 Å². The molecule has 178 valence electrons. The molecule has 13 heteroatoms. The number of amidine groups is 1. The number of aliphatic carboxylic acids is 1. The Hall–Kier alpha value is -4.68. The van der Waals surface area contributed by atoms with Crippen molar-refractivity contribution in [3.63, 3.8) is 0 Å². The van der Waals surface area contributed by atoms with Crippen LogP contribution in [0.3, 0.4) is 0 Å². The number of fused-ring (bicyclic) bond motifs is 1. The van der Waals surface area contributed by atoms with Crippen LogP contribution in [0.2, 0.25) is 0 Å². The summed E-state index contributed by atoms with van der Waals surface area (Å²) >= 11 is 0. The molecule has 2 amide bonds. The Morgan fingerprint density at radius 1 is 1.12 bits per heavy atom. The number of benzene rings is 2. The molecule has 0 bridgehead atoms. The normalized spacial score (nSPS) is 12.5. The molecule has 6 N–H and O–H groups in total. The Bertz CT molecular complexity index is 1150. The number of carboxylic acids is 1. The third kappa shape index (κ3) is 5.97. The van der Waals surface area contributed by atoms with E-state index in [1.54, 1.807) is 24.3 Å². The number of hydrogen-bond donors (Lipinski definition) is 5. The van der Waals surface area contributed by atoms with E-state index in [4.69, 9.17) is 20.6 Å². The van der Waals surface area contributed by atoms with Crippen molar-refractivity contribution in [2.75, 3.05) is 12.1 Å². The Morgan fingerprint density at radius 2 is 1.74 bits per heavy atom. The van der Waals surface area contributed by atoms with Crippen molar-refractivity contribution in [2.24, 2.45) is 5.73 Å². The molecule has 2 aromatic carbocycles. The summed E-state index contributed by atoms with van der Waals surface area (Å²) in [5.74, 6) is -2.21. The summed E-state index contributed by atoms with van der Waals surface area (Å²) in [6.07, 6.45) is -1.13. The molecular formula is C21H21N5O8. The zero-order chi connectivity index (χ0) is 24.8. The van der Waals surface area contributed by atoms with Crippen molar-refractivity contribution in [1.29, 1.82) is 5.41 Å². The van der Waals surface area contributed by atoms with Gasteiger partial charge < -0.3 is 30.9 Å². The van der Waals surface area contributed by atoms with E-state index in [1.165, 1.54) is 6.07 Å². The van der Waals surface area contributed by atoms with Gasteiger partial charge in [0.1, 0.15) is 5.84 Å². The van der Waals surface area contributed by atoms with Gasteiger partial charge in [-0.25, -0.2) is 0 Å². The van der Waals surface area contributed by atoms with Gasteiger partial charge in [-0.3, -0.25) is 29.9 Å². The van der Waals surface area contributed by atoms with Crippen molar-refractivity contribution in [3.05, 3.63) is 57.6 Å². The summed E-state index contributed by atoms with van der Waals surface area (Å²) in [7, 11) is 0. The molecule has 3 rings (SSSR count). The number of rotatable bonds is 10. The van der Waals surface area contributed by atoms with Crippen LogP contribution in [-0.4, -0.2) is 40.4 Å². The summed E-state index contributed by atoms with van der Waals surface area (Å²) in [5, 5.41) is 33.2. The van der Waals surface area contributed by atoms with Gasteiger partial charge in [-0.15, -0.1) is 0 Å². The lowest BCUT2D eigenvalue weighted by Crippen LogP contribution is -2.31. The molecule has 0 fully saturated rings. The maximum Gasteiger partial charge on any atom is 0.305 e. The van der Waals surface area contributed by atoms with Crippen LogP contribution in [0.15, 0.2) is 36.4 Å². The third-order valence-corrected chi connectivity index (χ3v) is 4.87. The quantitative estimate of drug-likeness (QED) is 0.147. The number of carboxylic acid groups (broad SMARTS) is 1. The number of nitrogens with two attached hydrogens (primary N) is 1. The van der Waals surface area contributed by atoms with E-state index < -0.39 is 40.9 Å². The summed E-state index contributed by atoms with van der Waals surface area (Å²) in [6.45, 7) is -0.140. The van der Waals surface area contributed by atoms with E-state index >= 15 is 0 Å². The molecule has 13 nitrogen and oxygen atoms in total. The van der Waals surface area contributed by atoms with Crippen molar-refractivity contribution >= 4 is 35.0 Å². The largest absolute Gasteiger partial charge is 0.481 e. The molecule has 34 heavy (non-hydrogen) atoms. The Morgan fingerprint density at radius 3 is 2.32 bits per heavy atom. The van der Waals surface area contributed by atoms with E-state index in [1.807, 2.05) is 0 Å². The minimum Gasteiger partial charge on any atom is -0.481 e. The standard InChI is InChI=1S/C21H21N5O8/c22-21(23)11-1-3-12(4-2-11)24-18(27)5-6-19(28)25-14(8-20(29)30)13-7-16-17(34-10-33-16)9-15(13)26(31)32/h1-4,7,9,14H,5-6,8,10H2,(H3,22,23)(H,24,27)(H,25,28)(H,29,30). The van der Waals surface area contributed by atoms with Crippen LogP contribution >= 0.6 is 0 Å². The molecule has 0 radical (unpaired) electrons. The smallest absolute Gasteiger partial charge is 0.305 e. The Labute approximate surface area is 192 Å². The van der Waals surface area contributed by atoms with Crippen LogP contribution in [-0.2, 0) is 14.4 Å². The highest BCUT2D eigenvalue weighted by molar-refractivity contribution is 5.96. The highest BCUT2D eigenvalue weighted by atomic mass is 16.7. The summed E-state index contributed by atoms with van der Waals surface area (Å²) < 4.78 is 10.3. The number of nitro groups is 1. The number of nitrogens with one attached hydrogen (secondary N) is 3. The number of ether oxygens (including phenoxy) is 2. The van der Waals surface area contributed by atoms with Crippen LogP contribution in [0.5, 0.6) is 11.5 Å². The molecule has 0 aromatic heterocycles. The Balaban J connectivity index is 1.66. The second-order valence-corrected chi connectivity index (χ2v) is 7.28. The predicted octanol–water partition coefficient (Wildman–Crippen LogP) is 1.66. The van der Waals surface area contributed by atoms with Crippen molar-refractivity contribution in [1.82, 2.24) is 5.32 Å². The fourth-order valence-electron chi connectivity index (χ4n) is 3.25. The number of carbonyl (C=O) groups is 3. The van der Waals surface area contributed by atoms with Gasteiger partial charge in [0.05, 0.1) is 29.0 Å². The van der Waals surface area contributed by atoms with Crippen LogP contribution in [0.1, 0.15) is 36.4 Å². The fourth-order valence-corrected chi connectivity index (χ4v) is 3.25. The average Bonchev–Trinajstić information content (AvgIpc) is 3.24. The summed E-state index contributed by atoms with van der Waals surface area (Å²) in [4.78, 5) is 46.8. The lowest BCUT2D eigenvalue weighted by molar-refractivity contribution is -0.385. The van der Waals surface area contributed by atoms with Gasteiger partial charge in [0.2, 0.25) is 18.6 Å². The number of hydrogen-bond acceptors (Lipinski definition) is 8. The number of nitrogen functional groups attached to an aromatic ring is 1. The van der Waals surface area contributed by atoms with Crippen LogP contribution in [0.25, 0.3) is 0 Å². The molecule has 2 aromatic rings. The first kappa shape index (κ1) is 24.0. The monoisotopic (exact) mass is 471 g/mol. The first-order valence-electron chi connectivity index (χ1n) is 9.97. The average molecular weight is 471 g/mol. The third-order valence-electron chi connectivity index (χ3n) is 4.87. The topological polar surface area (TPSA) is 207 Å². The zero-order valence-corrected chi connectivity index (χ0v) is 17.7. The van der Waals surface area contributed by atoms with E-state index in [2.05, 4.69) is 10.6 Å². The number of anilines is 1. The lowest BCUT2D eigenvalue weighted by Gasteiger charge is -2.18. The lowest BCUT2D eigenvalue weighted by atomic mass is 10.0. The van der Waals surface area contributed by atoms with Crippen molar-refractivity contribution in [2.45, 2.75) is 25.3 Å². The van der Waals surface area contributed by atoms with Gasteiger partial charge in [-0.05, 0) is 30.3 Å². The molecule has 1 aliphatic heterocycles. The number of carbonyl (C=O) groups excluding carboxylic acids is 2. The molecule has 1 atom stereocenters. The molecule has 1 heterocycles. The molecule has 0 saturated heterocycles. The van der Waals surface area contributed by atoms with Gasteiger partial charge in [0, 0.05) is 24.1 Å². The molecule has 1 unspecified atom stereocenters. The molecular weight excluding hydrogens is 450 g/mol. The minimum absolute atomic E-state index is 0.0555. The highest BCUT2D eigenvalue weighted by Crippen LogP contribution is 2.40. The molecule has 0 aliphatic carbocycles. The zero-order valence-electron chi connectivity index (χ0n) is 17.7. The van der Waals surface area contributed by atoms with Crippen LogP contribution < -0.4 is 25.8 Å². The first-order chi connectivity index (χ1) is 16.1. The first-order valence-corrected chi connectivity index (χ1v) is 9.97. The van der Waals surface area contributed by atoms with Crippen molar-refractivity contribution in [3.8, 4) is 11.5 Å². The number of amides is 2. The SMILES string of the molecule is N=C(N)c1ccc(NC(=O)CCC(=O)NC(CC(=O)O)c2cc3c(cc2[N+](=O)[O-])OCO3)cc1. The molecule has 0 saturated carbocycles. The van der Waals surface area contributed by atoms with Gasteiger partial charge in [0.25, 0.3) is 5.69 Å². The maximum atomic E-state index is 12.5. The van der Waals surface area contributed by atoms with Gasteiger partial charge in [-0.2, -0.15) is 0 Å². The number of nitro benzene ring substituents is 1. The summed E-state index contributed by atoms with van der Waals surface area (Å²) in [6, 6.07) is 7.36. The van der Waals surface area contributed by atoms with Gasteiger partial charge in [-0.1, -0.05) is 0 Å². The number of nitrogens with zero attached hydrogens (tertiary/aromatic N) is 1. The highest BCUT2D eigenvalue weighted by Gasteiger charge is 2.30. The van der Waals surface area contributed by atoms with Crippen LogP contribution in [0.4, 0.5) is 11.4 Å². The van der Waals surface area contributed by atoms with E-state index in [-0.39, 0.29) is 42.5 Å². The second-order valence-electron chi connectivity index (χ2n) is 7.28. The maximum absolute atomic E-state index is 12.5. The van der Waals surface area contributed by atoms with Crippen LogP contribution in [0, 0.1) is 15.5 Å².